The summed E-state index contributed by atoms with van der Waals surface area (Å²) >= 11 is 0. The van der Waals surface area contributed by atoms with Gasteiger partial charge in [0.1, 0.15) is 6.26 Å². The van der Waals surface area contributed by atoms with E-state index in [2.05, 4.69) is 29.0 Å². The van der Waals surface area contributed by atoms with Crippen molar-refractivity contribution in [3.8, 4) is 11.5 Å². The maximum atomic E-state index is 12.4. The van der Waals surface area contributed by atoms with Crippen molar-refractivity contribution in [2.45, 2.75) is 45.7 Å². The fourth-order valence-electron chi connectivity index (χ4n) is 3.20. The van der Waals surface area contributed by atoms with Gasteiger partial charge < -0.3 is 9.73 Å². The number of likely N-dealkylation sites (tertiary alicyclic amines) is 1. The van der Waals surface area contributed by atoms with Crippen LogP contribution in [0.15, 0.2) is 41.0 Å². The molecule has 2 aromatic rings. The molecule has 3 rings (SSSR count). The minimum Gasteiger partial charge on any atom is -0.444 e. The summed E-state index contributed by atoms with van der Waals surface area (Å²) in [5, 5.41) is 3.11. The first kappa shape index (κ1) is 17.7. The van der Waals surface area contributed by atoms with Crippen LogP contribution in [0.3, 0.4) is 0 Å². The Kier molecular flexibility index (Phi) is 5.87. The van der Waals surface area contributed by atoms with E-state index in [9.17, 15) is 4.79 Å². The smallest absolute Gasteiger partial charge is 0.226 e. The van der Waals surface area contributed by atoms with Crippen LogP contribution < -0.4 is 5.32 Å². The number of piperidine rings is 1. The number of nitrogens with zero attached hydrogens (tertiary/aromatic N) is 2. The molecule has 1 aliphatic heterocycles. The minimum absolute atomic E-state index is 0.0724. The molecule has 1 amide bonds. The minimum atomic E-state index is 0.0724. The van der Waals surface area contributed by atoms with Crippen LogP contribution >= 0.6 is 0 Å². The standard InChI is InChI=1S/C20H27N3O2/c1-3-15(2)21-19(24)17-10-7-11-23(12-17)13-18-14-25-20(22-18)16-8-5-4-6-9-16/h4-6,8-9,14-15,17H,3,7,10-13H2,1-2H3,(H,21,24)/t15-,17-/m0/s1. The summed E-state index contributed by atoms with van der Waals surface area (Å²) in [4.78, 5) is 19.3. The van der Waals surface area contributed by atoms with Gasteiger partial charge in [-0.1, -0.05) is 25.1 Å². The molecule has 134 valence electrons. The van der Waals surface area contributed by atoms with E-state index in [-0.39, 0.29) is 17.9 Å². The molecule has 5 nitrogen and oxygen atoms in total. The molecular formula is C20H27N3O2. The van der Waals surface area contributed by atoms with E-state index >= 15 is 0 Å². The van der Waals surface area contributed by atoms with Crippen molar-refractivity contribution in [2.75, 3.05) is 13.1 Å². The molecule has 0 aliphatic carbocycles. The van der Waals surface area contributed by atoms with E-state index in [1.165, 1.54) is 0 Å². The highest BCUT2D eigenvalue weighted by Gasteiger charge is 2.26. The van der Waals surface area contributed by atoms with Crippen LogP contribution in [0, 0.1) is 5.92 Å². The Morgan fingerprint density at radius 1 is 1.40 bits per heavy atom. The molecule has 25 heavy (non-hydrogen) atoms. The van der Waals surface area contributed by atoms with Crippen LogP contribution in [0.5, 0.6) is 0 Å². The lowest BCUT2D eigenvalue weighted by atomic mass is 9.96. The van der Waals surface area contributed by atoms with Crippen LogP contribution in [-0.2, 0) is 11.3 Å². The quantitative estimate of drug-likeness (QED) is 0.874. The Balaban J connectivity index is 1.58. The summed E-state index contributed by atoms with van der Waals surface area (Å²) in [5.74, 6) is 0.908. The second-order valence-corrected chi connectivity index (χ2v) is 6.90. The van der Waals surface area contributed by atoms with Gasteiger partial charge in [-0.3, -0.25) is 9.69 Å². The first-order valence-corrected chi connectivity index (χ1v) is 9.18. The fraction of sp³-hybridized carbons (Fsp3) is 0.500. The van der Waals surface area contributed by atoms with E-state index in [0.29, 0.717) is 5.89 Å². The van der Waals surface area contributed by atoms with Crippen molar-refractivity contribution in [3.05, 3.63) is 42.3 Å². The van der Waals surface area contributed by atoms with Crippen molar-refractivity contribution in [2.24, 2.45) is 5.92 Å². The van der Waals surface area contributed by atoms with Crippen LogP contribution in [0.4, 0.5) is 0 Å². The number of oxazole rings is 1. The molecule has 2 heterocycles. The number of hydrogen-bond acceptors (Lipinski definition) is 4. The lowest BCUT2D eigenvalue weighted by molar-refractivity contribution is -0.127. The van der Waals surface area contributed by atoms with Gasteiger partial charge in [0.05, 0.1) is 11.6 Å². The average Bonchev–Trinajstić information content (AvgIpc) is 3.11. The molecule has 1 aliphatic rings. The van der Waals surface area contributed by atoms with Crippen LogP contribution in [-0.4, -0.2) is 34.9 Å². The molecule has 1 aromatic heterocycles. The number of aromatic nitrogens is 1. The maximum absolute atomic E-state index is 12.4. The number of amides is 1. The monoisotopic (exact) mass is 341 g/mol. The number of carbonyl (C=O) groups excluding carboxylic acids is 1. The normalized spacial score (nSPS) is 19.5. The number of hydrogen-bond donors (Lipinski definition) is 1. The first-order valence-electron chi connectivity index (χ1n) is 9.18. The second-order valence-electron chi connectivity index (χ2n) is 6.90. The third-order valence-corrected chi connectivity index (χ3v) is 4.84. The SMILES string of the molecule is CC[C@H](C)NC(=O)[C@H]1CCCN(Cc2coc(-c3ccccc3)n2)C1. The zero-order valence-corrected chi connectivity index (χ0v) is 15.1. The number of nitrogens with one attached hydrogen (secondary N) is 1. The lowest BCUT2D eigenvalue weighted by Crippen LogP contribution is -2.44. The van der Waals surface area contributed by atoms with Gasteiger partial charge in [-0.05, 0) is 44.9 Å². The molecule has 0 unspecified atom stereocenters. The number of benzene rings is 1. The Bertz CT molecular complexity index is 683. The topological polar surface area (TPSA) is 58.4 Å². The molecular weight excluding hydrogens is 314 g/mol. The fourth-order valence-corrected chi connectivity index (χ4v) is 3.20. The molecule has 1 N–H and O–H groups in total. The summed E-state index contributed by atoms with van der Waals surface area (Å²) in [5.41, 5.74) is 1.90. The van der Waals surface area contributed by atoms with Gasteiger partial charge >= 0.3 is 0 Å². The van der Waals surface area contributed by atoms with Crippen molar-refractivity contribution >= 4 is 5.91 Å². The van der Waals surface area contributed by atoms with E-state index in [0.717, 1.165) is 50.2 Å². The zero-order chi connectivity index (χ0) is 17.6. The predicted molar refractivity (Wildman–Crippen MR) is 97.8 cm³/mol. The molecule has 0 saturated carbocycles. The van der Waals surface area contributed by atoms with Gasteiger partial charge in [0.25, 0.3) is 0 Å². The molecule has 0 radical (unpaired) electrons. The van der Waals surface area contributed by atoms with E-state index in [1.807, 2.05) is 30.3 Å². The Labute approximate surface area is 149 Å². The van der Waals surface area contributed by atoms with E-state index in [4.69, 9.17) is 4.42 Å². The highest BCUT2D eigenvalue weighted by molar-refractivity contribution is 5.79. The van der Waals surface area contributed by atoms with Crippen molar-refractivity contribution < 1.29 is 9.21 Å². The Morgan fingerprint density at radius 2 is 2.20 bits per heavy atom. The molecule has 1 saturated heterocycles. The molecule has 5 heteroatoms. The summed E-state index contributed by atoms with van der Waals surface area (Å²) < 4.78 is 5.62. The van der Waals surface area contributed by atoms with Gasteiger partial charge in [-0.2, -0.15) is 0 Å². The number of carbonyl (C=O) groups is 1. The largest absolute Gasteiger partial charge is 0.444 e. The van der Waals surface area contributed by atoms with Crippen molar-refractivity contribution in [1.29, 1.82) is 0 Å². The molecule has 1 aromatic carbocycles. The maximum Gasteiger partial charge on any atom is 0.226 e. The highest BCUT2D eigenvalue weighted by Crippen LogP contribution is 2.22. The Hall–Kier alpha value is -2.14. The Morgan fingerprint density at radius 3 is 2.96 bits per heavy atom. The first-order chi connectivity index (χ1) is 12.2. The van der Waals surface area contributed by atoms with Gasteiger partial charge in [0.15, 0.2) is 0 Å². The van der Waals surface area contributed by atoms with Crippen molar-refractivity contribution in [1.82, 2.24) is 15.2 Å². The van der Waals surface area contributed by atoms with E-state index < -0.39 is 0 Å². The summed E-state index contributed by atoms with van der Waals surface area (Å²) in [7, 11) is 0. The van der Waals surface area contributed by atoms with Gasteiger partial charge in [0.2, 0.25) is 11.8 Å². The molecule has 0 spiro atoms. The zero-order valence-electron chi connectivity index (χ0n) is 15.1. The molecule has 1 fully saturated rings. The van der Waals surface area contributed by atoms with Gasteiger partial charge in [-0.25, -0.2) is 4.98 Å². The average molecular weight is 341 g/mol. The summed E-state index contributed by atoms with van der Waals surface area (Å²) in [6.07, 6.45) is 4.70. The lowest BCUT2D eigenvalue weighted by Gasteiger charge is -2.32. The summed E-state index contributed by atoms with van der Waals surface area (Å²) in [6.45, 7) is 6.66. The van der Waals surface area contributed by atoms with Crippen molar-refractivity contribution in [3.63, 3.8) is 0 Å². The van der Waals surface area contributed by atoms with E-state index in [1.54, 1.807) is 6.26 Å². The second kappa shape index (κ2) is 8.30. The third kappa shape index (κ3) is 4.69. The van der Waals surface area contributed by atoms with Gasteiger partial charge in [-0.15, -0.1) is 0 Å². The third-order valence-electron chi connectivity index (χ3n) is 4.84. The number of rotatable bonds is 6. The van der Waals surface area contributed by atoms with Crippen LogP contribution in [0.25, 0.3) is 11.5 Å². The summed E-state index contributed by atoms with van der Waals surface area (Å²) in [6, 6.07) is 10.2. The van der Waals surface area contributed by atoms with Gasteiger partial charge in [0, 0.05) is 24.7 Å². The highest BCUT2D eigenvalue weighted by atomic mass is 16.3. The van der Waals surface area contributed by atoms with Crippen LogP contribution in [0.1, 0.15) is 38.8 Å². The molecule has 2 atom stereocenters. The van der Waals surface area contributed by atoms with Crippen LogP contribution in [0.2, 0.25) is 0 Å². The molecule has 0 bridgehead atoms. The predicted octanol–water partition coefficient (Wildman–Crippen LogP) is 3.47.